The molecule has 118 valence electrons. The minimum Gasteiger partial charge on any atom is -0.314 e. The number of hydrogen-bond donors (Lipinski definition) is 1. The van der Waals surface area contributed by atoms with Gasteiger partial charge >= 0.3 is 0 Å². The number of nitrogens with one attached hydrogen (secondary N) is 1. The van der Waals surface area contributed by atoms with Crippen molar-refractivity contribution in [3.63, 3.8) is 0 Å². The molecule has 0 spiro atoms. The maximum Gasteiger partial charge on any atom is 0.150 e. The Morgan fingerprint density at radius 2 is 1.90 bits per heavy atom. The number of sulfone groups is 1. The van der Waals surface area contributed by atoms with E-state index in [0.717, 1.165) is 31.7 Å². The molecule has 0 saturated heterocycles. The highest BCUT2D eigenvalue weighted by Crippen LogP contribution is 2.43. The van der Waals surface area contributed by atoms with Crippen LogP contribution in [-0.4, -0.2) is 32.5 Å². The Balaban J connectivity index is 1.95. The standard InChI is InChI=1S/C16H31NO2S/c1-4-10-17-16-9-8-15(12(16)2)13-6-5-7-14(11-13)20(3,18)19/h12-17H,4-11H2,1-3H3. The molecule has 0 amide bonds. The van der Waals surface area contributed by atoms with E-state index in [2.05, 4.69) is 19.2 Å². The van der Waals surface area contributed by atoms with Gasteiger partial charge in [0.05, 0.1) is 5.25 Å². The lowest BCUT2D eigenvalue weighted by Crippen LogP contribution is -2.36. The quantitative estimate of drug-likeness (QED) is 0.849. The van der Waals surface area contributed by atoms with E-state index in [1.54, 1.807) is 0 Å². The van der Waals surface area contributed by atoms with Gasteiger partial charge in [0, 0.05) is 12.3 Å². The van der Waals surface area contributed by atoms with Crippen molar-refractivity contribution in [2.24, 2.45) is 17.8 Å². The summed E-state index contributed by atoms with van der Waals surface area (Å²) < 4.78 is 23.6. The summed E-state index contributed by atoms with van der Waals surface area (Å²) in [5.74, 6) is 2.06. The molecular formula is C16H31NO2S. The monoisotopic (exact) mass is 301 g/mol. The number of rotatable bonds is 5. The molecule has 0 heterocycles. The van der Waals surface area contributed by atoms with Gasteiger partial charge in [-0.05, 0) is 56.4 Å². The third kappa shape index (κ3) is 3.76. The fourth-order valence-electron chi connectivity index (χ4n) is 4.44. The van der Waals surface area contributed by atoms with Crippen molar-refractivity contribution >= 4 is 9.84 Å². The maximum absolute atomic E-state index is 11.8. The van der Waals surface area contributed by atoms with E-state index in [0.29, 0.717) is 17.9 Å². The molecule has 5 atom stereocenters. The van der Waals surface area contributed by atoms with Crippen molar-refractivity contribution in [2.45, 2.75) is 70.1 Å². The molecule has 0 radical (unpaired) electrons. The van der Waals surface area contributed by atoms with Gasteiger partial charge in [-0.15, -0.1) is 0 Å². The molecule has 5 unspecified atom stereocenters. The zero-order valence-electron chi connectivity index (χ0n) is 13.3. The molecule has 0 aromatic rings. The SMILES string of the molecule is CCCNC1CCC(C2CCCC(S(C)(=O)=O)C2)C1C. The van der Waals surface area contributed by atoms with Gasteiger partial charge in [0.15, 0.2) is 0 Å². The molecule has 0 aromatic carbocycles. The third-order valence-corrected chi connectivity index (χ3v) is 7.29. The highest BCUT2D eigenvalue weighted by atomic mass is 32.2. The second kappa shape index (κ2) is 6.78. The number of hydrogen-bond acceptors (Lipinski definition) is 3. The molecule has 4 heteroatoms. The van der Waals surface area contributed by atoms with E-state index in [1.165, 1.54) is 31.9 Å². The van der Waals surface area contributed by atoms with Gasteiger partial charge < -0.3 is 5.32 Å². The van der Waals surface area contributed by atoms with Gasteiger partial charge in [-0.2, -0.15) is 0 Å². The third-order valence-electron chi connectivity index (χ3n) is 5.66. The lowest BCUT2D eigenvalue weighted by atomic mass is 9.75. The van der Waals surface area contributed by atoms with Crippen LogP contribution in [0.1, 0.15) is 58.8 Å². The first-order valence-electron chi connectivity index (χ1n) is 8.35. The summed E-state index contributed by atoms with van der Waals surface area (Å²) in [6.45, 7) is 5.69. The van der Waals surface area contributed by atoms with Gasteiger partial charge in [-0.3, -0.25) is 0 Å². The van der Waals surface area contributed by atoms with E-state index in [9.17, 15) is 8.42 Å². The lowest BCUT2D eigenvalue weighted by Gasteiger charge is -2.35. The van der Waals surface area contributed by atoms with Crippen LogP contribution in [0.3, 0.4) is 0 Å². The first kappa shape index (κ1) is 16.3. The molecule has 0 aromatic heterocycles. The van der Waals surface area contributed by atoms with Crippen LogP contribution in [0.15, 0.2) is 0 Å². The van der Waals surface area contributed by atoms with Gasteiger partial charge in [0.2, 0.25) is 0 Å². The zero-order valence-corrected chi connectivity index (χ0v) is 14.1. The molecule has 2 aliphatic carbocycles. The predicted molar refractivity (Wildman–Crippen MR) is 84.6 cm³/mol. The molecule has 1 N–H and O–H groups in total. The molecule has 3 nitrogen and oxygen atoms in total. The highest BCUT2D eigenvalue weighted by molar-refractivity contribution is 7.91. The van der Waals surface area contributed by atoms with Crippen molar-refractivity contribution < 1.29 is 8.42 Å². The summed E-state index contributed by atoms with van der Waals surface area (Å²) in [4.78, 5) is 0. The predicted octanol–water partition coefficient (Wildman–Crippen LogP) is 3.00. The molecule has 0 aliphatic heterocycles. The van der Waals surface area contributed by atoms with E-state index >= 15 is 0 Å². The second-order valence-electron chi connectivity index (χ2n) is 7.04. The first-order valence-corrected chi connectivity index (χ1v) is 10.3. The summed E-state index contributed by atoms with van der Waals surface area (Å²) in [6, 6.07) is 0.651. The van der Waals surface area contributed by atoms with Crippen LogP contribution >= 0.6 is 0 Å². The Hall–Kier alpha value is -0.0900. The van der Waals surface area contributed by atoms with Crippen LogP contribution in [0, 0.1) is 17.8 Å². The summed E-state index contributed by atoms with van der Waals surface area (Å²) >= 11 is 0. The fourth-order valence-corrected chi connectivity index (χ4v) is 5.63. The lowest BCUT2D eigenvalue weighted by molar-refractivity contribution is 0.201. The Morgan fingerprint density at radius 3 is 2.55 bits per heavy atom. The minimum absolute atomic E-state index is 0.0731. The Labute approximate surface area is 124 Å². The summed E-state index contributed by atoms with van der Waals surface area (Å²) in [5.41, 5.74) is 0. The first-order chi connectivity index (χ1) is 9.43. The van der Waals surface area contributed by atoms with Gasteiger partial charge in [0.1, 0.15) is 9.84 Å². The summed E-state index contributed by atoms with van der Waals surface area (Å²) in [5, 5.41) is 3.60. The van der Waals surface area contributed by atoms with Crippen molar-refractivity contribution in [1.29, 1.82) is 0 Å². The average Bonchev–Trinajstić information content (AvgIpc) is 2.77. The van der Waals surface area contributed by atoms with Crippen LogP contribution in [0.25, 0.3) is 0 Å². The Kier molecular flexibility index (Phi) is 5.52. The highest BCUT2D eigenvalue weighted by Gasteiger charge is 2.40. The molecule has 2 fully saturated rings. The van der Waals surface area contributed by atoms with Crippen LogP contribution in [0.4, 0.5) is 0 Å². The van der Waals surface area contributed by atoms with Crippen LogP contribution < -0.4 is 5.32 Å². The topological polar surface area (TPSA) is 46.2 Å². The minimum atomic E-state index is -2.85. The fraction of sp³-hybridized carbons (Fsp3) is 1.00. The smallest absolute Gasteiger partial charge is 0.150 e. The summed E-state index contributed by atoms with van der Waals surface area (Å²) in [6.07, 6.45) is 9.29. The maximum atomic E-state index is 11.8. The molecule has 2 saturated carbocycles. The van der Waals surface area contributed by atoms with Crippen LogP contribution in [-0.2, 0) is 9.84 Å². The van der Waals surface area contributed by atoms with E-state index < -0.39 is 9.84 Å². The Bertz CT molecular complexity index is 407. The van der Waals surface area contributed by atoms with Gasteiger partial charge in [-0.25, -0.2) is 8.42 Å². The van der Waals surface area contributed by atoms with Crippen molar-refractivity contribution in [3.05, 3.63) is 0 Å². The van der Waals surface area contributed by atoms with Crippen molar-refractivity contribution in [2.75, 3.05) is 12.8 Å². The van der Waals surface area contributed by atoms with Gasteiger partial charge in [0.25, 0.3) is 0 Å². The molecular weight excluding hydrogens is 270 g/mol. The van der Waals surface area contributed by atoms with Gasteiger partial charge in [-0.1, -0.05) is 26.7 Å². The van der Waals surface area contributed by atoms with Crippen LogP contribution in [0.2, 0.25) is 0 Å². The van der Waals surface area contributed by atoms with Crippen LogP contribution in [0.5, 0.6) is 0 Å². The summed E-state index contributed by atoms with van der Waals surface area (Å²) in [7, 11) is -2.85. The second-order valence-corrected chi connectivity index (χ2v) is 9.36. The Morgan fingerprint density at radius 1 is 1.15 bits per heavy atom. The van der Waals surface area contributed by atoms with E-state index in [-0.39, 0.29) is 5.25 Å². The molecule has 20 heavy (non-hydrogen) atoms. The molecule has 0 bridgehead atoms. The van der Waals surface area contributed by atoms with Crippen molar-refractivity contribution in [1.82, 2.24) is 5.32 Å². The average molecular weight is 301 g/mol. The molecule has 2 rings (SSSR count). The normalized spacial score (nSPS) is 39.0. The van der Waals surface area contributed by atoms with Crippen molar-refractivity contribution in [3.8, 4) is 0 Å². The zero-order chi connectivity index (χ0) is 14.8. The molecule has 2 aliphatic rings. The largest absolute Gasteiger partial charge is 0.314 e. The van der Waals surface area contributed by atoms with E-state index in [1.807, 2.05) is 0 Å². The van der Waals surface area contributed by atoms with E-state index in [4.69, 9.17) is 0 Å².